The number of nitrogen functional groups attached to an aromatic ring is 1. The van der Waals surface area contributed by atoms with Gasteiger partial charge in [-0.15, -0.1) is 11.8 Å². The number of carbonyl (C=O) groups is 3. The first-order valence-corrected chi connectivity index (χ1v) is 30.3. The van der Waals surface area contributed by atoms with Gasteiger partial charge in [-0.3, -0.25) is 28.0 Å². The highest BCUT2D eigenvalue weighted by Crippen LogP contribution is 2.60. The highest BCUT2D eigenvalue weighted by molar-refractivity contribution is 8.00. The number of hydrogen-bond acceptors (Lipinski definition) is 19. The molecule has 10 N–H and O–H groups in total. The van der Waals surface area contributed by atoms with Crippen LogP contribution < -0.4 is 17.2 Å². The number of thioether (sulfide) groups is 1. The minimum absolute atomic E-state index is 0.0124. The molecule has 1 aromatic heterocycles. The number of anilines is 1. The summed E-state index contributed by atoms with van der Waals surface area (Å²) in [5.41, 5.74) is 10.8. The summed E-state index contributed by atoms with van der Waals surface area (Å²) in [6.07, 6.45) is 27.9. The first kappa shape index (κ1) is 68.3. The van der Waals surface area contributed by atoms with Crippen LogP contribution in [0.15, 0.2) is 77.8 Å². The Morgan fingerprint density at radius 2 is 1.43 bits per heavy atom. The second-order valence-corrected chi connectivity index (χ2v) is 22.5. The highest BCUT2D eigenvalue weighted by Gasteiger charge is 2.46. The second-order valence-electron chi connectivity index (χ2n) is 18.2. The zero-order valence-electron chi connectivity index (χ0n) is 44.0. The van der Waals surface area contributed by atoms with E-state index in [2.05, 4.69) is 47.4 Å². The molecule has 0 bridgehead atoms. The third-order valence-electron chi connectivity index (χ3n) is 11.6. The number of ether oxygens (including phenoxy) is 3. The summed E-state index contributed by atoms with van der Waals surface area (Å²) in [6, 6.07) is -0.165. The smallest absolute Gasteiger partial charge is 0.481 e. The largest absolute Gasteiger partial charge is 0.481 e. The molecule has 25 heteroatoms. The van der Waals surface area contributed by atoms with Gasteiger partial charge in [-0.25, -0.2) is 13.9 Å². The van der Waals surface area contributed by atoms with Crippen LogP contribution in [0.4, 0.5) is 5.82 Å². The number of aliphatic hydroxyl groups excluding tert-OH is 3. The number of aromatic nitrogens is 2. The average Bonchev–Trinajstić information content (AvgIpc) is 3.64. The van der Waals surface area contributed by atoms with E-state index in [4.69, 9.17) is 39.8 Å². The Morgan fingerprint density at radius 3 is 2.12 bits per heavy atom. The number of carboxylic acid groups (broad SMARTS) is 1. The summed E-state index contributed by atoms with van der Waals surface area (Å²) >= 11 is 1.08. The molecule has 0 saturated carbocycles. The van der Waals surface area contributed by atoms with Crippen LogP contribution in [0.25, 0.3) is 0 Å². The first-order chi connectivity index (χ1) is 36.3. The lowest BCUT2D eigenvalue weighted by atomic mass is 10.1. The molecule has 1 aromatic rings. The molecule has 1 saturated heterocycles. The summed E-state index contributed by atoms with van der Waals surface area (Å²) in [5, 5.41) is 40.5. The number of nitrogens with zero attached hydrogens (tertiary/aromatic N) is 2. The summed E-state index contributed by atoms with van der Waals surface area (Å²) in [7, 11) is -11.1. The number of hydrogen-bond donors (Lipinski definition) is 8. The van der Waals surface area contributed by atoms with Crippen LogP contribution in [-0.2, 0) is 51.1 Å². The number of unbranched alkanes of at least 4 members (excludes halogenated alkanes) is 12. The average molecular weight is 1140 g/mol. The molecule has 1 aliphatic heterocycles. The van der Waals surface area contributed by atoms with Crippen LogP contribution in [0.2, 0.25) is 0 Å². The van der Waals surface area contributed by atoms with Gasteiger partial charge in [-0.05, 0) is 70.3 Å². The lowest BCUT2D eigenvalue weighted by Crippen LogP contribution is -2.40. The molecular weight excluding hydrogens is 1050 g/mol. The van der Waals surface area contributed by atoms with Crippen molar-refractivity contribution in [2.75, 3.05) is 31.3 Å². The fourth-order valence-electron chi connectivity index (χ4n) is 7.32. The molecule has 10 atom stereocenters. The monoisotopic (exact) mass is 1130 g/mol. The van der Waals surface area contributed by atoms with Crippen molar-refractivity contribution < 1.29 is 81.3 Å². The zero-order valence-corrected chi connectivity index (χ0v) is 46.6. The van der Waals surface area contributed by atoms with E-state index in [1.165, 1.54) is 38.2 Å². The SMILES string of the molecule is CCCCC/C=C\C\C=C/C=C/C=C/[C@@H](SC[C@H](N)C(=O)O[C@H](COC(=O)CCCCCCC/C=C\CCCCCC)COP(=O)(O)OP(=O)(O)OC[C@H]1O[C@@H](n2ccc(N)nc2=O)[C@H](O)[C@@H]1O)[C@@H](O)CCCC(=O)O. The van der Waals surface area contributed by atoms with Crippen molar-refractivity contribution in [1.82, 2.24) is 9.55 Å². The van der Waals surface area contributed by atoms with Gasteiger partial charge < -0.3 is 55.9 Å². The van der Waals surface area contributed by atoms with Gasteiger partial charge in [0.15, 0.2) is 12.3 Å². The van der Waals surface area contributed by atoms with Crippen molar-refractivity contribution in [2.45, 2.75) is 190 Å². The van der Waals surface area contributed by atoms with Gasteiger partial charge in [0, 0.05) is 30.0 Å². The normalized spacial score (nSPS) is 20.4. The van der Waals surface area contributed by atoms with E-state index in [0.29, 0.717) is 6.42 Å². The number of aliphatic hydroxyl groups is 3. The number of phosphoric acid groups is 2. The van der Waals surface area contributed by atoms with Gasteiger partial charge in [0.1, 0.15) is 36.8 Å². The van der Waals surface area contributed by atoms with E-state index in [1.54, 1.807) is 18.2 Å². The fourth-order valence-corrected chi connectivity index (χ4v) is 10.6. The number of aliphatic carboxylic acids is 1. The maximum absolute atomic E-state index is 13.4. The Bertz CT molecular complexity index is 2140. The lowest BCUT2D eigenvalue weighted by Gasteiger charge is -2.23. The molecule has 22 nitrogen and oxygen atoms in total. The van der Waals surface area contributed by atoms with Gasteiger partial charge in [0.25, 0.3) is 0 Å². The minimum Gasteiger partial charge on any atom is -0.481 e. The van der Waals surface area contributed by atoms with Crippen molar-refractivity contribution in [3.8, 4) is 0 Å². The molecule has 76 heavy (non-hydrogen) atoms. The summed E-state index contributed by atoms with van der Waals surface area (Å²) in [6.45, 7) is 1.60. The number of esters is 2. The van der Waals surface area contributed by atoms with Crippen molar-refractivity contribution in [2.24, 2.45) is 5.73 Å². The second kappa shape index (κ2) is 39.5. The predicted molar refractivity (Wildman–Crippen MR) is 290 cm³/mol. The molecule has 0 aliphatic carbocycles. The van der Waals surface area contributed by atoms with Crippen molar-refractivity contribution in [3.05, 3.63) is 83.5 Å². The predicted octanol–water partition coefficient (Wildman–Crippen LogP) is 7.65. The number of rotatable bonds is 43. The molecular formula is C51H84N4O18P2S. The summed E-state index contributed by atoms with van der Waals surface area (Å²) in [5.74, 6) is -3.04. The van der Waals surface area contributed by atoms with Crippen LogP contribution in [0.3, 0.4) is 0 Å². The van der Waals surface area contributed by atoms with E-state index in [9.17, 15) is 53.4 Å². The van der Waals surface area contributed by atoms with Crippen LogP contribution >= 0.6 is 27.4 Å². The lowest BCUT2D eigenvalue weighted by molar-refractivity contribution is -0.161. The molecule has 0 spiro atoms. The third-order valence-corrected chi connectivity index (χ3v) is 15.6. The van der Waals surface area contributed by atoms with E-state index >= 15 is 0 Å². The van der Waals surface area contributed by atoms with Crippen LogP contribution in [0.1, 0.15) is 148 Å². The summed E-state index contributed by atoms with van der Waals surface area (Å²) in [4.78, 5) is 74.0. The Balaban J connectivity index is 2.08. The number of carbonyl (C=O) groups excluding carboxylic acids is 2. The van der Waals surface area contributed by atoms with Gasteiger partial charge >= 0.3 is 39.2 Å². The molecule has 2 heterocycles. The molecule has 2 rings (SSSR count). The zero-order chi connectivity index (χ0) is 56.2. The van der Waals surface area contributed by atoms with E-state index in [0.717, 1.165) is 86.7 Å². The fraction of sp³-hybridized carbons (Fsp3) is 0.667. The molecule has 2 unspecified atom stereocenters. The van der Waals surface area contributed by atoms with E-state index in [1.807, 2.05) is 18.2 Å². The number of nitrogens with two attached hydrogens (primary N) is 2. The Kier molecular flexibility index (Phi) is 35.5. The molecule has 0 aromatic carbocycles. The first-order valence-electron chi connectivity index (χ1n) is 26.2. The molecule has 1 fully saturated rings. The Labute approximate surface area is 451 Å². The van der Waals surface area contributed by atoms with Gasteiger partial charge in [-0.2, -0.15) is 9.29 Å². The molecule has 0 amide bonds. The minimum atomic E-state index is -5.58. The molecule has 0 radical (unpaired) electrons. The Hall–Kier alpha value is -3.80. The highest BCUT2D eigenvalue weighted by atomic mass is 32.2. The van der Waals surface area contributed by atoms with Crippen molar-refractivity contribution in [1.29, 1.82) is 0 Å². The topological polar surface area (TPSA) is 349 Å². The van der Waals surface area contributed by atoms with Crippen LogP contribution in [0, 0.1) is 0 Å². The van der Waals surface area contributed by atoms with E-state index < -0.39 is 107 Å². The quantitative estimate of drug-likeness (QED) is 0.0102. The number of carboxylic acids is 1. The molecule has 1 aliphatic rings. The molecule has 432 valence electrons. The van der Waals surface area contributed by atoms with Crippen molar-refractivity contribution >= 4 is 51.1 Å². The maximum atomic E-state index is 13.4. The number of allylic oxidation sites excluding steroid dienone is 9. The standard InChI is InChI=1S/C51H84N4O18P2S/c1-3-5-7-9-11-13-15-17-19-21-23-25-27-32-46(59)68-35-39(36-69-74(64,65)73-75(66,67)70-37-42-47(60)48(61)49(72-42)55-34-33-44(53)54-51(55)63)71-50(62)40(52)38-76-43(41(56)29-28-31-45(57)58)30-26-24-22-20-18-16-14-12-10-8-6-4-2/h12-15,18,20,22,24,26,30,33-34,39-43,47-49,56,60-61H,3-11,16-17,19,21,23,25,27-29,31-32,35-38,52H2,1-2H3,(H,57,58)(H,64,65)(H,66,67)(H2,53,54,63)/b14-12-,15-13-,20-18-,24-22+,30-26+/t39-,40+,41+,42-,43-,47-,48-,49-/m1/s1. The van der Waals surface area contributed by atoms with Crippen molar-refractivity contribution in [3.63, 3.8) is 0 Å². The van der Waals surface area contributed by atoms with Gasteiger partial charge in [-0.1, -0.05) is 126 Å². The Morgan fingerprint density at radius 1 is 0.816 bits per heavy atom. The van der Waals surface area contributed by atoms with Gasteiger partial charge in [0.05, 0.1) is 19.3 Å². The van der Waals surface area contributed by atoms with Crippen LogP contribution in [0.5, 0.6) is 0 Å². The van der Waals surface area contributed by atoms with Gasteiger partial charge in [0.2, 0.25) is 0 Å². The van der Waals surface area contributed by atoms with E-state index in [-0.39, 0.29) is 37.3 Å². The summed E-state index contributed by atoms with van der Waals surface area (Å²) < 4.78 is 57.0. The third kappa shape index (κ3) is 31.0. The van der Waals surface area contributed by atoms with Crippen LogP contribution in [-0.4, -0.2) is 125 Å². The number of phosphoric ester groups is 2. The maximum Gasteiger partial charge on any atom is 0.481 e.